The maximum absolute atomic E-state index is 12.1. The van der Waals surface area contributed by atoms with E-state index >= 15 is 0 Å². The Morgan fingerprint density at radius 2 is 2.05 bits per heavy atom. The fourth-order valence-corrected chi connectivity index (χ4v) is 1.69. The maximum atomic E-state index is 12.1. The summed E-state index contributed by atoms with van der Waals surface area (Å²) in [4.78, 5) is 23.7. The summed E-state index contributed by atoms with van der Waals surface area (Å²) in [7, 11) is 0. The van der Waals surface area contributed by atoms with Crippen LogP contribution in [-0.2, 0) is 9.53 Å². The Bertz CT molecular complexity index is 478. The molecule has 1 atom stereocenters. The van der Waals surface area contributed by atoms with E-state index < -0.39 is 5.38 Å². The first-order valence-electron chi connectivity index (χ1n) is 6.96. The van der Waals surface area contributed by atoms with E-state index in [0.29, 0.717) is 31.0 Å². The molecular formula is C15H21ClN2O3. The summed E-state index contributed by atoms with van der Waals surface area (Å²) in [6.07, 6.45) is 0.743. The molecule has 0 aliphatic carbocycles. The molecule has 6 heteroatoms. The largest absolute Gasteiger partial charge is 0.382 e. The van der Waals surface area contributed by atoms with Gasteiger partial charge >= 0.3 is 0 Å². The molecule has 0 heterocycles. The maximum Gasteiger partial charge on any atom is 0.253 e. The molecule has 2 amide bonds. The molecule has 0 aromatic heterocycles. The van der Waals surface area contributed by atoms with Gasteiger partial charge in [0.2, 0.25) is 5.91 Å². The zero-order valence-corrected chi connectivity index (χ0v) is 13.1. The number of ether oxygens (including phenoxy) is 1. The minimum Gasteiger partial charge on any atom is -0.382 e. The summed E-state index contributed by atoms with van der Waals surface area (Å²) in [6.45, 7) is 5.30. The third-order valence-corrected chi connectivity index (χ3v) is 2.94. The number of alkyl halides is 1. The van der Waals surface area contributed by atoms with E-state index in [4.69, 9.17) is 16.3 Å². The number of hydrogen-bond acceptors (Lipinski definition) is 3. The van der Waals surface area contributed by atoms with Gasteiger partial charge in [0.25, 0.3) is 5.91 Å². The van der Waals surface area contributed by atoms with Crippen molar-refractivity contribution in [1.29, 1.82) is 0 Å². The Morgan fingerprint density at radius 1 is 1.33 bits per heavy atom. The van der Waals surface area contributed by atoms with Crippen LogP contribution in [0.15, 0.2) is 24.3 Å². The molecule has 0 bridgehead atoms. The average molecular weight is 313 g/mol. The predicted octanol–water partition coefficient (Wildman–Crippen LogP) is 2.41. The lowest BCUT2D eigenvalue weighted by Crippen LogP contribution is -2.28. The second kappa shape index (κ2) is 9.37. The van der Waals surface area contributed by atoms with Crippen molar-refractivity contribution < 1.29 is 14.3 Å². The molecule has 0 spiro atoms. The summed E-state index contributed by atoms with van der Waals surface area (Å²) in [5.41, 5.74) is 0.872. The number of carbonyl (C=O) groups is 2. The van der Waals surface area contributed by atoms with Crippen molar-refractivity contribution in [3.63, 3.8) is 0 Å². The summed E-state index contributed by atoms with van der Waals surface area (Å²) in [5, 5.41) is 4.78. The van der Waals surface area contributed by atoms with Crippen LogP contribution in [0.4, 0.5) is 5.69 Å². The Kier molecular flexibility index (Phi) is 7.79. The number of carbonyl (C=O) groups excluding carboxylic acids is 2. The number of hydrogen-bond donors (Lipinski definition) is 2. The molecule has 0 aliphatic rings. The van der Waals surface area contributed by atoms with Crippen molar-refractivity contribution in [3.05, 3.63) is 29.8 Å². The van der Waals surface area contributed by atoms with E-state index in [9.17, 15) is 9.59 Å². The van der Waals surface area contributed by atoms with Gasteiger partial charge in [-0.1, -0.05) is 12.1 Å². The molecule has 0 saturated carbocycles. The summed E-state index contributed by atoms with van der Waals surface area (Å²) < 4.78 is 5.20. The fourth-order valence-electron chi connectivity index (χ4n) is 1.64. The van der Waals surface area contributed by atoms with Gasteiger partial charge in [0, 0.05) is 19.8 Å². The summed E-state index contributed by atoms with van der Waals surface area (Å²) >= 11 is 5.72. The SMILES string of the molecule is CCOCCCNC(=O)c1ccccc1NC(=O)[C@H](C)Cl. The van der Waals surface area contributed by atoms with Gasteiger partial charge in [-0.2, -0.15) is 0 Å². The number of rotatable bonds is 8. The van der Waals surface area contributed by atoms with Gasteiger partial charge in [0.05, 0.1) is 11.3 Å². The number of benzene rings is 1. The third-order valence-electron chi connectivity index (χ3n) is 2.75. The van der Waals surface area contributed by atoms with E-state index in [2.05, 4.69) is 10.6 Å². The Labute approximate surface area is 130 Å². The highest BCUT2D eigenvalue weighted by Gasteiger charge is 2.15. The lowest BCUT2D eigenvalue weighted by atomic mass is 10.1. The number of anilines is 1. The highest BCUT2D eigenvalue weighted by atomic mass is 35.5. The topological polar surface area (TPSA) is 67.4 Å². The number of amides is 2. The molecule has 0 radical (unpaired) electrons. The molecule has 1 aromatic rings. The second-order valence-electron chi connectivity index (χ2n) is 4.46. The summed E-state index contributed by atoms with van der Waals surface area (Å²) in [5.74, 6) is -0.571. The van der Waals surface area contributed by atoms with Gasteiger partial charge in [-0.3, -0.25) is 9.59 Å². The molecule has 1 rings (SSSR count). The molecule has 0 fully saturated rings. The first kappa shape index (κ1) is 17.5. The van der Waals surface area contributed by atoms with Gasteiger partial charge in [-0.05, 0) is 32.4 Å². The van der Waals surface area contributed by atoms with Crippen molar-refractivity contribution >= 4 is 29.1 Å². The number of halogens is 1. The van der Waals surface area contributed by atoms with E-state index in [1.807, 2.05) is 6.92 Å². The molecule has 0 aliphatic heterocycles. The van der Waals surface area contributed by atoms with Crippen LogP contribution in [0.2, 0.25) is 0 Å². The normalized spacial score (nSPS) is 11.8. The average Bonchev–Trinajstić information content (AvgIpc) is 2.47. The smallest absolute Gasteiger partial charge is 0.253 e. The van der Waals surface area contributed by atoms with E-state index in [-0.39, 0.29) is 11.8 Å². The standard InChI is InChI=1S/C15H21ClN2O3/c1-3-21-10-6-9-17-15(20)12-7-4-5-8-13(12)18-14(19)11(2)16/h4-5,7-8,11H,3,6,9-10H2,1-2H3,(H,17,20)(H,18,19)/t11-/m0/s1. The van der Waals surface area contributed by atoms with Crippen molar-refractivity contribution in [3.8, 4) is 0 Å². The van der Waals surface area contributed by atoms with Crippen molar-refractivity contribution in [2.45, 2.75) is 25.6 Å². The molecule has 21 heavy (non-hydrogen) atoms. The van der Waals surface area contributed by atoms with Crippen molar-refractivity contribution in [1.82, 2.24) is 5.32 Å². The van der Waals surface area contributed by atoms with E-state index in [0.717, 1.165) is 6.42 Å². The quantitative estimate of drug-likeness (QED) is 0.572. The van der Waals surface area contributed by atoms with E-state index in [1.54, 1.807) is 31.2 Å². The Balaban J connectivity index is 2.61. The molecule has 0 unspecified atom stereocenters. The predicted molar refractivity (Wildman–Crippen MR) is 83.8 cm³/mol. The van der Waals surface area contributed by atoms with Crippen LogP contribution in [-0.4, -0.2) is 36.9 Å². The van der Waals surface area contributed by atoms with Gasteiger partial charge < -0.3 is 15.4 Å². The molecule has 116 valence electrons. The number of nitrogens with one attached hydrogen (secondary N) is 2. The monoisotopic (exact) mass is 312 g/mol. The van der Waals surface area contributed by atoms with Gasteiger partial charge in [0.15, 0.2) is 0 Å². The minimum atomic E-state index is -0.660. The van der Waals surface area contributed by atoms with Gasteiger partial charge in [0.1, 0.15) is 5.38 Å². The van der Waals surface area contributed by atoms with Crippen molar-refractivity contribution in [2.75, 3.05) is 25.1 Å². The molecule has 1 aromatic carbocycles. The first-order valence-corrected chi connectivity index (χ1v) is 7.39. The summed E-state index contributed by atoms with van der Waals surface area (Å²) in [6, 6.07) is 6.83. The van der Waals surface area contributed by atoms with Crippen molar-refractivity contribution in [2.24, 2.45) is 0 Å². The fraction of sp³-hybridized carbons (Fsp3) is 0.467. The van der Waals surface area contributed by atoms with Crippen LogP contribution in [0.5, 0.6) is 0 Å². The Morgan fingerprint density at radius 3 is 2.71 bits per heavy atom. The molecular weight excluding hydrogens is 292 g/mol. The highest BCUT2D eigenvalue weighted by Crippen LogP contribution is 2.15. The Hall–Kier alpha value is -1.59. The minimum absolute atomic E-state index is 0.232. The zero-order valence-electron chi connectivity index (χ0n) is 12.3. The van der Waals surface area contributed by atoms with Crippen LogP contribution in [0.3, 0.4) is 0 Å². The second-order valence-corrected chi connectivity index (χ2v) is 5.11. The molecule has 5 nitrogen and oxygen atoms in total. The first-order chi connectivity index (χ1) is 10.1. The van der Waals surface area contributed by atoms with Crippen LogP contribution >= 0.6 is 11.6 Å². The van der Waals surface area contributed by atoms with E-state index in [1.165, 1.54) is 0 Å². The van der Waals surface area contributed by atoms with Crippen LogP contribution in [0.25, 0.3) is 0 Å². The van der Waals surface area contributed by atoms with Crippen LogP contribution in [0.1, 0.15) is 30.6 Å². The van der Waals surface area contributed by atoms with Gasteiger partial charge in [-0.25, -0.2) is 0 Å². The van der Waals surface area contributed by atoms with Crippen LogP contribution < -0.4 is 10.6 Å². The number of para-hydroxylation sites is 1. The molecule has 0 saturated heterocycles. The molecule has 2 N–H and O–H groups in total. The lowest BCUT2D eigenvalue weighted by Gasteiger charge is -2.12. The third kappa shape index (κ3) is 6.14. The zero-order chi connectivity index (χ0) is 15.7. The highest BCUT2D eigenvalue weighted by molar-refractivity contribution is 6.32. The van der Waals surface area contributed by atoms with Crippen LogP contribution in [0, 0.1) is 0 Å². The van der Waals surface area contributed by atoms with Gasteiger partial charge in [-0.15, -0.1) is 11.6 Å². The lowest BCUT2D eigenvalue weighted by molar-refractivity contribution is -0.115.